The molecule has 2 heterocycles. The van der Waals surface area contributed by atoms with Crippen LogP contribution in [-0.2, 0) is 11.3 Å². The molecule has 2 aliphatic rings. The minimum atomic E-state index is 0.0965. The average Bonchev–Trinajstić information content (AvgIpc) is 2.97. The van der Waals surface area contributed by atoms with E-state index in [1.54, 1.807) is 7.11 Å². The predicted octanol–water partition coefficient (Wildman–Crippen LogP) is 3.48. The lowest BCUT2D eigenvalue weighted by Crippen LogP contribution is -2.44. The fourth-order valence-corrected chi connectivity index (χ4v) is 4.48. The molecule has 2 fully saturated rings. The summed E-state index contributed by atoms with van der Waals surface area (Å²) < 4.78 is 5.06. The molecule has 4 nitrogen and oxygen atoms in total. The van der Waals surface area contributed by atoms with E-state index in [1.165, 1.54) is 56.3 Å². The Labute approximate surface area is 130 Å². The summed E-state index contributed by atoms with van der Waals surface area (Å²) in [5, 5.41) is 2.74. The Kier molecular flexibility index (Phi) is 4.60. The third-order valence-corrected chi connectivity index (χ3v) is 5.89. The van der Waals surface area contributed by atoms with Gasteiger partial charge in [0.1, 0.15) is 10.7 Å². The molecular weight excluding hydrogens is 284 g/mol. The Morgan fingerprint density at radius 1 is 1.29 bits per heavy atom. The number of amides is 1. The summed E-state index contributed by atoms with van der Waals surface area (Å²) in [6.45, 7) is 2.28. The Balaban J connectivity index is 1.59. The van der Waals surface area contributed by atoms with Crippen LogP contribution in [0, 0.1) is 5.41 Å². The van der Waals surface area contributed by atoms with Crippen LogP contribution in [0.15, 0.2) is 5.38 Å². The summed E-state index contributed by atoms with van der Waals surface area (Å²) in [5.41, 5.74) is 1.13. The molecule has 1 aromatic heterocycles. The zero-order chi connectivity index (χ0) is 14.7. The van der Waals surface area contributed by atoms with Gasteiger partial charge in [0.25, 0.3) is 5.91 Å². The van der Waals surface area contributed by atoms with Gasteiger partial charge in [-0.2, -0.15) is 0 Å². The highest BCUT2D eigenvalue weighted by atomic mass is 32.1. The number of aromatic nitrogens is 1. The quantitative estimate of drug-likeness (QED) is 0.858. The van der Waals surface area contributed by atoms with Gasteiger partial charge in [0.05, 0.1) is 6.61 Å². The van der Waals surface area contributed by atoms with Crippen molar-refractivity contribution in [2.45, 2.75) is 51.6 Å². The molecule has 1 spiro atoms. The summed E-state index contributed by atoms with van der Waals surface area (Å²) in [6, 6.07) is 0. The second kappa shape index (κ2) is 6.44. The zero-order valence-corrected chi connectivity index (χ0v) is 13.6. The Bertz CT molecular complexity index is 484. The van der Waals surface area contributed by atoms with Gasteiger partial charge in [-0.05, 0) is 31.1 Å². The summed E-state index contributed by atoms with van der Waals surface area (Å²) >= 11 is 1.50. The van der Waals surface area contributed by atoms with Crippen molar-refractivity contribution in [3.63, 3.8) is 0 Å². The van der Waals surface area contributed by atoms with Gasteiger partial charge in [0.2, 0.25) is 0 Å². The number of rotatable bonds is 3. The number of hydrogen-bond donors (Lipinski definition) is 0. The molecular formula is C16H24N2O2S. The van der Waals surface area contributed by atoms with Crippen LogP contribution < -0.4 is 0 Å². The van der Waals surface area contributed by atoms with Gasteiger partial charge in [-0.3, -0.25) is 4.79 Å². The van der Waals surface area contributed by atoms with Crippen LogP contribution in [0.2, 0.25) is 0 Å². The van der Waals surface area contributed by atoms with E-state index in [2.05, 4.69) is 4.98 Å². The van der Waals surface area contributed by atoms with E-state index < -0.39 is 0 Å². The molecule has 0 radical (unpaired) electrons. The number of hydrogen-bond acceptors (Lipinski definition) is 4. The highest BCUT2D eigenvalue weighted by Crippen LogP contribution is 2.44. The van der Waals surface area contributed by atoms with E-state index in [9.17, 15) is 4.79 Å². The molecule has 1 amide bonds. The maximum atomic E-state index is 12.5. The van der Waals surface area contributed by atoms with E-state index in [0.717, 1.165) is 18.1 Å². The topological polar surface area (TPSA) is 42.4 Å². The lowest BCUT2D eigenvalue weighted by molar-refractivity contribution is 0.0467. The van der Waals surface area contributed by atoms with Crippen LogP contribution in [0.25, 0.3) is 0 Å². The van der Waals surface area contributed by atoms with Gasteiger partial charge in [-0.15, -0.1) is 11.3 Å². The molecule has 3 rings (SSSR count). The first-order chi connectivity index (χ1) is 10.2. The number of ether oxygens (including phenoxy) is 1. The summed E-state index contributed by atoms with van der Waals surface area (Å²) in [4.78, 5) is 18.9. The van der Waals surface area contributed by atoms with Crippen molar-refractivity contribution in [3.8, 4) is 0 Å². The maximum absolute atomic E-state index is 12.5. The number of methoxy groups -OCH3 is 1. The van der Waals surface area contributed by atoms with E-state index in [4.69, 9.17) is 4.74 Å². The van der Waals surface area contributed by atoms with Crippen LogP contribution in [0.1, 0.15) is 60.4 Å². The van der Waals surface area contributed by atoms with Crippen molar-refractivity contribution in [1.29, 1.82) is 0 Å². The fourth-order valence-electron chi connectivity index (χ4n) is 3.75. The second-order valence-electron chi connectivity index (χ2n) is 6.41. The molecule has 116 valence electrons. The highest BCUT2D eigenvalue weighted by Gasteiger charge is 2.37. The third kappa shape index (κ3) is 3.29. The number of carbonyl (C=O) groups excluding carboxylic acids is 1. The van der Waals surface area contributed by atoms with E-state index in [0.29, 0.717) is 17.7 Å². The molecule has 0 bridgehead atoms. The predicted molar refractivity (Wildman–Crippen MR) is 83.5 cm³/mol. The summed E-state index contributed by atoms with van der Waals surface area (Å²) in [6.07, 6.45) is 9.22. The SMILES string of the molecule is COCc1nc(C(=O)N2CCC3(CCCCC3)CC2)cs1. The standard InChI is InChI=1S/C16H24N2O2S/c1-20-11-14-17-13(12-21-14)15(19)18-9-7-16(8-10-18)5-3-2-4-6-16/h12H,2-11H2,1H3. The van der Waals surface area contributed by atoms with E-state index in [-0.39, 0.29) is 5.91 Å². The molecule has 5 heteroatoms. The molecule has 1 aromatic rings. The van der Waals surface area contributed by atoms with E-state index >= 15 is 0 Å². The Morgan fingerprint density at radius 2 is 2.00 bits per heavy atom. The molecule has 1 saturated carbocycles. The van der Waals surface area contributed by atoms with Crippen molar-refractivity contribution in [2.75, 3.05) is 20.2 Å². The lowest BCUT2D eigenvalue weighted by atomic mass is 9.68. The van der Waals surface area contributed by atoms with Crippen LogP contribution in [0.4, 0.5) is 0 Å². The smallest absolute Gasteiger partial charge is 0.273 e. The van der Waals surface area contributed by atoms with Gasteiger partial charge < -0.3 is 9.64 Å². The Morgan fingerprint density at radius 3 is 2.67 bits per heavy atom. The molecule has 1 aliphatic heterocycles. The van der Waals surface area contributed by atoms with Crippen molar-refractivity contribution in [3.05, 3.63) is 16.1 Å². The minimum Gasteiger partial charge on any atom is -0.378 e. The van der Waals surface area contributed by atoms with Gasteiger partial charge in [0, 0.05) is 25.6 Å². The molecule has 1 saturated heterocycles. The first-order valence-corrected chi connectivity index (χ1v) is 8.83. The monoisotopic (exact) mass is 308 g/mol. The number of piperidine rings is 1. The zero-order valence-electron chi connectivity index (χ0n) is 12.8. The first kappa shape index (κ1) is 15.0. The van der Waals surface area contributed by atoms with Crippen LogP contribution in [0.5, 0.6) is 0 Å². The van der Waals surface area contributed by atoms with Gasteiger partial charge in [-0.1, -0.05) is 19.3 Å². The lowest BCUT2D eigenvalue weighted by Gasteiger charge is -2.44. The number of likely N-dealkylation sites (tertiary alicyclic amines) is 1. The molecule has 1 aliphatic carbocycles. The van der Waals surface area contributed by atoms with Crippen LogP contribution in [-0.4, -0.2) is 36.0 Å². The third-order valence-electron chi connectivity index (χ3n) is 5.06. The van der Waals surface area contributed by atoms with Crippen molar-refractivity contribution < 1.29 is 9.53 Å². The van der Waals surface area contributed by atoms with Crippen LogP contribution in [0.3, 0.4) is 0 Å². The van der Waals surface area contributed by atoms with Gasteiger partial charge >= 0.3 is 0 Å². The normalized spacial score (nSPS) is 21.7. The van der Waals surface area contributed by atoms with Crippen molar-refractivity contribution in [1.82, 2.24) is 9.88 Å². The molecule has 0 atom stereocenters. The number of nitrogens with zero attached hydrogens (tertiary/aromatic N) is 2. The molecule has 0 aromatic carbocycles. The van der Waals surface area contributed by atoms with Crippen molar-refractivity contribution in [2.24, 2.45) is 5.41 Å². The summed E-state index contributed by atoms with van der Waals surface area (Å²) in [5.74, 6) is 0.0965. The number of carbonyl (C=O) groups is 1. The Hall–Kier alpha value is -0.940. The van der Waals surface area contributed by atoms with Crippen molar-refractivity contribution >= 4 is 17.2 Å². The van der Waals surface area contributed by atoms with Gasteiger partial charge in [-0.25, -0.2) is 4.98 Å². The second-order valence-corrected chi connectivity index (χ2v) is 7.36. The largest absolute Gasteiger partial charge is 0.378 e. The molecule has 0 unspecified atom stereocenters. The fraction of sp³-hybridized carbons (Fsp3) is 0.750. The number of thiazole rings is 1. The van der Waals surface area contributed by atoms with E-state index in [1.807, 2.05) is 10.3 Å². The molecule has 0 N–H and O–H groups in total. The van der Waals surface area contributed by atoms with Gasteiger partial charge in [0.15, 0.2) is 0 Å². The maximum Gasteiger partial charge on any atom is 0.273 e. The van der Waals surface area contributed by atoms with Crippen LogP contribution >= 0.6 is 11.3 Å². The minimum absolute atomic E-state index is 0.0965. The highest BCUT2D eigenvalue weighted by molar-refractivity contribution is 7.09. The molecule has 21 heavy (non-hydrogen) atoms. The average molecular weight is 308 g/mol. The first-order valence-electron chi connectivity index (χ1n) is 7.95. The summed E-state index contributed by atoms with van der Waals surface area (Å²) in [7, 11) is 1.65.